The first-order chi connectivity index (χ1) is 18.2. The number of carbonyl (C=O) groups is 1. The van der Waals surface area contributed by atoms with Crippen molar-refractivity contribution in [3.05, 3.63) is 83.9 Å². The third kappa shape index (κ3) is 5.77. The Balaban J connectivity index is 1.95. The summed E-state index contributed by atoms with van der Waals surface area (Å²) in [4.78, 5) is 12.5. The van der Waals surface area contributed by atoms with E-state index in [4.69, 9.17) is 18.9 Å². The lowest BCUT2D eigenvalue weighted by Gasteiger charge is -2.20. The van der Waals surface area contributed by atoms with Gasteiger partial charge in [0.25, 0.3) is 0 Å². The Labute approximate surface area is 217 Å². The van der Waals surface area contributed by atoms with Gasteiger partial charge >= 0.3 is 12.3 Å². The number of rotatable bonds is 8. The molecule has 1 amide bonds. The average Bonchev–Trinajstić information content (AvgIpc) is 2.91. The summed E-state index contributed by atoms with van der Waals surface area (Å²) in [6, 6.07) is 19.3. The van der Waals surface area contributed by atoms with Crippen molar-refractivity contribution in [3.8, 4) is 28.4 Å². The van der Waals surface area contributed by atoms with E-state index in [9.17, 15) is 18.0 Å². The second-order valence-corrected chi connectivity index (χ2v) is 8.24. The highest BCUT2D eigenvalue weighted by Gasteiger charge is 2.30. The fourth-order valence-corrected chi connectivity index (χ4v) is 4.08. The highest BCUT2D eigenvalue weighted by molar-refractivity contribution is 6.09. The van der Waals surface area contributed by atoms with E-state index in [-0.39, 0.29) is 13.2 Å². The summed E-state index contributed by atoms with van der Waals surface area (Å²) in [5, 5.41) is 3.90. The molecular weight excluding hydrogens is 499 g/mol. The second kappa shape index (κ2) is 11.3. The van der Waals surface area contributed by atoms with E-state index in [0.29, 0.717) is 44.8 Å². The van der Waals surface area contributed by atoms with Crippen LogP contribution in [0.4, 0.5) is 23.7 Å². The number of fused-ring (bicyclic) bond motifs is 1. The molecule has 0 saturated heterocycles. The Kier molecular flexibility index (Phi) is 7.95. The monoisotopic (exact) mass is 525 g/mol. The molecular formula is C29H26F3NO5. The normalized spacial score (nSPS) is 11.2. The molecule has 0 aliphatic carbocycles. The van der Waals surface area contributed by atoms with E-state index < -0.39 is 17.8 Å². The number of methoxy groups -OCH3 is 2. The lowest BCUT2D eigenvalue weighted by atomic mass is 9.94. The number of hydrogen-bond acceptors (Lipinski definition) is 5. The van der Waals surface area contributed by atoms with Crippen molar-refractivity contribution in [2.75, 3.05) is 26.1 Å². The molecule has 4 aromatic carbocycles. The molecule has 198 valence electrons. The van der Waals surface area contributed by atoms with Crippen molar-refractivity contribution in [1.82, 2.24) is 0 Å². The predicted molar refractivity (Wildman–Crippen MR) is 139 cm³/mol. The van der Waals surface area contributed by atoms with Gasteiger partial charge in [-0.3, -0.25) is 5.32 Å². The maximum atomic E-state index is 13.3. The number of hydrogen-bond donors (Lipinski definition) is 1. The number of ether oxygens (including phenoxy) is 4. The molecule has 0 saturated carbocycles. The van der Waals surface area contributed by atoms with Gasteiger partial charge in [0.2, 0.25) is 0 Å². The van der Waals surface area contributed by atoms with E-state index >= 15 is 0 Å². The van der Waals surface area contributed by atoms with Gasteiger partial charge in [-0.25, -0.2) is 4.79 Å². The summed E-state index contributed by atoms with van der Waals surface area (Å²) < 4.78 is 62.0. The number of amides is 1. The first kappa shape index (κ1) is 26.7. The van der Waals surface area contributed by atoms with Crippen LogP contribution < -0.4 is 19.5 Å². The molecule has 0 radical (unpaired) electrons. The second-order valence-electron chi connectivity index (χ2n) is 8.24. The predicted octanol–water partition coefficient (Wildman–Crippen LogP) is 7.69. The Hall–Kier alpha value is -4.40. The topological polar surface area (TPSA) is 66.0 Å². The molecule has 38 heavy (non-hydrogen) atoms. The minimum atomic E-state index is -4.49. The number of nitrogens with one attached hydrogen (secondary N) is 1. The van der Waals surface area contributed by atoms with Crippen LogP contribution in [0.3, 0.4) is 0 Å². The SMILES string of the molecule is CCOC(=O)Nc1cc(OCc2ccccc2)c2cc(OC)c(OC)cc2c1-c1ccc(C(F)(F)F)cc1. The van der Waals surface area contributed by atoms with Crippen LogP contribution in [0.1, 0.15) is 18.1 Å². The number of benzene rings is 4. The van der Waals surface area contributed by atoms with Crippen molar-refractivity contribution >= 4 is 22.6 Å². The van der Waals surface area contributed by atoms with Crippen molar-refractivity contribution < 1.29 is 36.9 Å². The highest BCUT2D eigenvalue weighted by atomic mass is 19.4. The van der Waals surface area contributed by atoms with Crippen molar-refractivity contribution in [2.45, 2.75) is 19.7 Å². The van der Waals surface area contributed by atoms with Gasteiger partial charge in [0.1, 0.15) is 12.4 Å². The van der Waals surface area contributed by atoms with Crippen molar-refractivity contribution in [2.24, 2.45) is 0 Å². The number of carbonyl (C=O) groups excluding carboxylic acids is 1. The zero-order valence-corrected chi connectivity index (χ0v) is 21.0. The van der Waals surface area contributed by atoms with Crippen LogP contribution in [0, 0.1) is 0 Å². The van der Waals surface area contributed by atoms with Crippen LogP contribution in [0.5, 0.6) is 17.2 Å². The van der Waals surface area contributed by atoms with Crippen LogP contribution in [-0.2, 0) is 17.5 Å². The molecule has 0 heterocycles. The molecule has 0 fully saturated rings. The van der Waals surface area contributed by atoms with Gasteiger partial charge in [0.05, 0.1) is 32.1 Å². The standard InChI is InChI=1S/C29H26F3NO5/c1-4-37-28(34)33-23-16-24(38-17-18-8-6-5-7-9-18)21-14-25(35-2)26(36-3)15-22(21)27(23)19-10-12-20(13-11-19)29(30,31)32/h5-16H,4,17H2,1-3H3,(H,33,34). The maximum Gasteiger partial charge on any atom is 0.416 e. The Morgan fingerprint density at radius 3 is 2.05 bits per heavy atom. The van der Waals surface area contributed by atoms with E-state index in [1.54, 1.807) is 25.1 Å². The molecule has 4 aromatic rings. The van der Waals surface area contributed by atoms with E-state index in [1.807, 2.05) is 30.3 Å². The van der Waals surface area contributed by atoms with Crippen LogP contribution in [-0.4, -0.2) is 26.9 Å². The van der Waals surface area contributed by atoms with Gasteiger partial charge in [0.15, 0.2) is 11.5 Å². The summed E-state index contributed by atoms with van der Waals surface area (Å²) in [5.74, 6) is 1.26. The number of alkyl halides is 3. The molecule has 4 rings (SSSR count). The fourth-order valence-electron chi connectivity index (χ4n) is 4.08. The molecule has 0 unspecified atom stereocenters. The third-order valence-corrected chi connectivity index (χ3v) is 5.85. The molecule has 0 aromatic heterocycles. The molecule has 0 aliphatic rings. The van der Waals surface area contributed by atoms with Gasteiger partial charge in [-0.15, -0.1) is 0 Å². The van der Waals surface area contributed by atoms with Gasteiger partial charge in [-0.2, -0.15) is 13.2 Å². The number of halogens is 3. The molecule has 0 spiro atoms. The molecule has 1 N–H and O–H groups in total. The Bertz CT molecular complexity index is 1420. The van der Waals surface area contributed by atoms with Crippen LogP contribution in [0.15, 0.2) is 72.8 Å². The zero-order valence-electron chi connectivity index (χ0n) is 21.0. The lowest BCUT2D eigenvalue weighted by molar-refractivity contribution is -0.137. The average molecular weight is 526 g/mol. The van der Waals surface area contributed by atoms with Gasteiger partial charge in [0, 0.05) is 17.0 Å². The molecule has 6 nitrogen and oxygen atoms in total. The van der Waals surface area contributed by atoms with Crippen LogP contribution in [0.25, 0.3) is 21.9 Å². The highest BCUT2D eigenvalue weighted by Crippen LogP contribution is 2.46. The first-order valence-corrected chi connectivity index (χ1v) is 11.8. The van der Waals surface area contributed by atoms with E-state index in [0.717, 1.165) is 17.7 Å². The quantitative estimate of drug-likeness (QED) is 0.255. The summed E-state index contributed by atoms with van der Waals surface area (Å²) in [6.45, 7) is 2.04. The zero-order chi connectivity index (χ0) is 27.3. The van der Waals surface area contributed by atoms with E-state index in [1.165, 1.54) is 26.4 Å². The van der Waals surface area contributed by atoms with Gasteiger partial charge in [-0.1, -0.05) is 42.5 Å². The molecule has 0 atom stereocenters. The smallest absolute Gasteiger partial charge is 0.416 e. The van der Waals surface area contributed by atoms with Crippen molar-refractivity contribution in [1.29, 1.82) is 0 Å². The Morgan fingerprint density at radius 1 is 0.842 bits per heavy atom. The minimum absolute atomic E-state index is 0.136. The third-order valence-electron chi connectivity index (χ3n) is 5.85. The molecule has 0 bridgehead atoms. The fraction of sp³-hybridized carbons (Fsp3) is 0.207. The lowest BCUT2D eigenvalue weighted by Crippen LogP contribution is -2.14. The maximum absolute atomic E-state index is 13.3. The van der Waals surface area contributed by atoms with E-state index in [2.05, 4.69) is 5.32 Å². The Morgan fingerprint density at radius 2 is 1.47 bits per heavy atom. The molecule has 0 aliphatic heterocycles. The van der Waals surface area contributed by atoms with Crippen LogP contribution in [0.2, 0.25) is 0 Å². The largest absolute Gasteiger partial charge is 0.493 e. The summed E-state index contributed by atoms with van der Waals surface area (Å²) in [7, 11) is 2.98. The number of anilines is 1. The summed E-state index contributed by atoms with van der Waals surface area (Å²) in [5.41, 5.74) is 1.35. The minimum Gasteiger partial charge on any atom is -0.493 e. The van der Waals surface area contributed by atoms with Gasteiger partial charge < -0.3 is 18.9 Å². The summed E-state index contributed by atoms with van der Waals surface area (Å²) >= 11 is 0. The molecule has 9 heteroatoms. The van der Waals surface area contributed by atoms with Crippen LogP contribution >= 0.6 is 0 Å². The van der Waals surface area contributed by atoms with Gasteiger partial charge in [-0.05, 0) is 47.7 Å². The first-order valence-electron chi connectivity index (χ1n) is 11.8. The summed E-state index contributed by atoms with van der Waals surface area (Å²) in [6.07, 6.45) is -5.20. The van der Waals surface area contributed by atoms with Crippen molar-refractivity contribution in [3.63, 3.8) is 0 Å².